The summed E-state index contributed by atoms with van der Waals surface area (Å²) in [5.41, 5.74) is 8.95. The highest BCUT2D eigenvalue weighted by Gasteiger charge is 2.25. The molecule has 13 heavy (non-hydrogen) atoms. The largest absolute Gasteiger partial charge is 0.368 e. The number of aryl methyl sites for hydroxylation is 2. The fourth-order valence-corrected chi connectivity index (χ4v) is 2.02. The van der Waals surface area contributed by atoms with Gasteiger partial charge in [-0.05, 0) is 26.8 Å². The van der Waals surface area contributed by atoms with Crippen molar-refractivity contribution in [2.75, 3.05) is 12.8 Å². The molecule has 70 valence electrons. The van der Waals surface area contributed by atoms with Gasteiger partial charge in [-0.3, -0.25) is 0 Å². The molecule has 0 saturated heterocycles. The Morgan fingerprint density at radius 1 is 1.46 bits per heavy atom. The van der Waals surface area contributed by atoms with Gasteiger partial charge < -0.3 is 11.1 Å². The summed E-state index contributed by atoms with van der Waals surface area (Å²) >= 11 is 0. The van der Waals surface area contributed by atoms with Gasteiger partial charge >= 0.3 is 0 Å². The maximum Gasteiger partial charge on any atom is 0.220 e. The molecule has 0 amide bonds. The molecule has 0 spiro atoms. The van der Waals surface area contributed by atoms with Crippen LogP contribution < -0.4 is 11.1 Å². The van der Waals surface area contributed by atoms with Crippen LogP contribution in [-0.2, 0) is 6.42 Å². The van der Waals surface area contributed by atoms with Gasteiger partial charge in [0.25, 0.3) is 0 Å². The van der Waals surface area contributed by atoms with Crippen LogP contribution in [0, 0.1) is 6.92 Å². The molecule has 1 unspecified atom stereocenters. The lowest BCUT2D eigenvalue weighted by Gasteiger charge is -2.11. The highest BCUT2D eigenvalue weighted by atomic mass is 15.0. The van der Waals surface area contributed by atoms with E-state index in [-0.39, 0.29) is 0 Å². The van der Waals surface area contributed by atoms with Crippen molar-refractivity contribution >= 4 is 5.95 Å². The van der Waals surface area contributed by atoms with E-state index in [4.69, 9.17) is 5.73 Å². The van der Waals surface area contributed by atoms with Crippen molar-refractivity contribution in [3.05, 3.63) is 17.0 Å². The van der Waals surface area contributed by atoms with Crippen LogP contribution in [0.25, 0.3) is 0 Å². The topological polar surface area (TPSA) is 63.8 Å². The summed E-state index contributed by atoms with van der Waals surface area (Å²) in [7, 11) is 1.97. The SMILES string of the molecule is CNC1CCc2nc(N)nc(C)c21. The Bertz CT molecular complexity index is 335. The minimum Gasteiger partial charge on any atom is -0.368 e. The summed E-state index contributed by atoms with van der Waals surface area (Å²) < 4.78 is 0. The highest BCUT2D eigenvalue weighted by Crippen LogP contribution is 2.31. The molecule has 0 radical (unpaired) electrons. The first-order valence-corrected chi connectivity index (χ1v) is 4.52. The van der Waals surface area contributed by atoms with Crippen molar-refractivity contribution in [1.29, 1.82) is 0 Å². The van der Waals surface area contributed by atoms with E-state index < -0.39 is 0 Å². The Kier molecular flexibility index (Phi) is 1.92. The molecule has 4 heteroatoms. The van der Waals surface area contributed by atoms with E-state index >= 15 is 0 Å². The Balaban J connectivity index is 2.51. The van der Waals surface area contributed by atoms with Gasteiger partial charge in [-0.25, -0.2) is 9.97 Å². The fraction of sp³-hybridized carbons (Fsp3) is 0.556. The van der Waals surface area contributed by atoms with E-state index in [2.05, 4.69) is 15.3 Å². The third-order valence-electron chi connectivity index (χ3n) is 2.60. The number of hydrogen-bond donors (Lipinski definition) is 2. The van der Waals surface area contributed by atoms with Crippen LogP contribution in [0.1, 0.15) is 29.4 Å². The van der Waals surface area contributed by atoms with E-state index in [0.29, 0.717) is 12.0 Å². The second-order valence-corrected chi connectivity index (χ2v) is 3.41. The average molecular weight is 178 g/mol. The predicted molar refractivity (Wildman–Crippen MR) is 51.3 cm³/mol. The normalized spacial score (nSPS) is 20.3. The van der Waals surface area contributed by atoms with Crippen molar-refractivity contribution < 1.29 is 0 Å². The predicted octanol–water partition coefficient (Wildman–Crippen LogP) is 0.574. The molecule has 0 saturated carbocycles. The van der Waals surface area contributed by atoms with Crippen LogP contribution >= 0.6 is 0 Å². The standard InChI is InChI=1S/C9H14N4/c1-5-8-6(11-2)3-4-7(8)13-9(10)12-5/h6,11H,3-4H2,1-2H3,(H2,10,12,13). The first-order valence-electron chi connectivity index (χ1n) is 4.52. The molecule has 2 rings (SSSR count). The second-order valence-electron chi connectivity index (χ2n) is 3.41. The molecule has 0 fully saturated rings. The van der Waals surface area contributed by atoms with Crippen molar-refractivity contribution in [2.45, 2.75) is 25.8 Å². The van der Waals surface area contributed by atoms with Gasteiger partial charge in [0.15, 0.2) is 0 Å². The van der Waals surface area contributed by atoms with Crippen LogP contribution in [0.4, 0.5) is 5.95 Å². The maximum absolute atomic E-state index is 5.58. The minimum atomic E-state index is 0.396. The second kappa shape index (κ2) is 2.96. The molecular formula is C9H14N4. The van der Waals surface area contributed by atoms with Crippen molar-refractivity contribution in [3.63, 3.8) is 0 Å². The lowest BCUT2D eigenvalue weighted by molar-refractivity contribution is 0.586. The van der Waals surface area contributed by atoms with E-state index in [9.17, 15) is 0 Å². The van der Waals surface area contributed by atoms with Gasteiger partial charge in [0, 0.05) is 17.3 Å². The Hall–Kier alpha value is -1.16. The van der Waals surface area contributed by atoms with Crippen LogP contribution in [0.2, 0.25) is 0 Å². The zero-order valence-corrected chi connectivity index (χ0v) is 7.96. The number of nitrogens with one attached hydrogen (secondary N) is 1. The number of aromatic nitrogens is 2. The van der Waals surface area contributed by atoms with Gasteiger partial charge in [0.05, 0.1) is 5.69 Å². The van der Waals surface area contributed by atoms with Crippen LogP contribution in [0.3, 0.4) is 0 Å². The fourth-order valence-electron chi connectivity index (χ4n) is 2.02. The molecule has 1 aromatic heterocycles. The van der Waals surface area contributed by atoms with Crippen LogP contribution in [0.5, 0.6) is 0 Å². The number of nitrogen functional groups attached to an aromatic ring is 1. The van der Waals surface area contributed by atoms with Gasteiger partial charge in [0.2, 0.25) is 5.95 Å². The monoisotopic (exact) mass is 178 g/mol. The molecule has 0 bridgehead atoms. The van der Waals surface area contributed by atoms with Gasteiger partial charge in [-0.2, -0.15) is 0 Å². The summed E-state index contributed by atoms with van der Waals surface area (Å²) in [4.78, 5) is 8.41. The van der Waals surface area contributed by atoms with Gasteiger partial charge in [-0.1, -0.05) is 0 Å². The minimum absolute atomic E-state index is 0.396. The zero-order valence-electron chi connectivity index (χ0n) is 7.96. The van der Waals surface area contributed by atoms with E-state index in [1.54, 1.807) is 0 Å². The smallest absolute Gasteiger partial charge is 0.220 e. The van der Waals surface area contributed by atoms with Gasteiger partial charge in [-0.15, -0.1) is 0 Å². The van der Waals surface area contributed by atoms with Crippen molar-refractivity contribution in [1.82, 2.24) is 15.3 Å². The molecule has 0 aliphatic heterocycles. The molecule has 1 heterocycles. The Morgan fingerprint density at radius 3 is 2.92 bits per heavy atom. The van der Waals surface area contributed by atoms with Crippen molar-refractivity contribution in [3.8, 4) is 0 Å². The average Bonchev–Trinajstić information content (AvgIpc) is 2.47. The van der Waals surface area contributed by atoms with E-state index in [0.717, 1.165) is 24.2 Å². The quantitative estimate of drug-likeness (QED) is 0.660. The number of fused-ring (bicyclic) bond motifs is 1. The first kappa shape index (κ1) is 8.44. The summed E-state index contributed by atoms with van der Waals surface area (Å²) in [5, 5.41) is 3.26. The molecule has 1 aliphatic rings. The first-order chi connectivity index (χ1) is 6.22. The molecule has 4 nitrogen and oxygen atoms in total. The molecule has 1 atom stereocenters. The van der Waals surface area contributed by atoms with E-state index in [1.807, 2.05) is 14.0 Å². The molecule has 1 aromatic rings. The highest BCUT2D eigenvalue weighted by molar-refractivity contribution is 5.36. The lowest BCUT2D eigenvalue weighted by Crippen LogP contribution is -2.15. The number of anilines is 1. The summed E-state index contributed by atoms with van der Waals surface area (Å²) in [5.74, 6) is 0.396. The number of nitrogens with zero attached hydrogens (tertiary/aromatic N) is 2. The Labute approximate surface area is 77.6 Å². The molecule has 3 N–H and O–H groups in total. The molecule has 1 aliphatic carbocycles. The van der Waals surface area contributed by atoms with Crippen molar-refractivity contribution in [2.24, 2.45) is 0 Å². The molecular weight excluding hydrogens is 164 g/mol. The number of rotatable bonds is 1. The third kappa shape index (κ3) is 1.27. The summed E-state index contributed by atoms with van der Waals surface area (Å²) in [6.45, 7) is 1.99. The Morgan fingerprint density at radius 2 is 2.23 bits per heavy atom. The van der Waals surface area contributed by atoms with Crippen LogP contribution in [0.15, 0.2) is 0 Å². The number of nitrogens with two attached hydrogens (primary N) is 1. The summed E-state index contributed by atoms with van der Waals surface area (Å²) in [6, 6.07) is 0.413. The van der Waals surface area contributed by atoms with E-state index in [1.165, 1.54) is 5.56 Å². The zero-order chi connectivity index (χ0) is 9.42. The summed E-state index contributed by atoms with van der Waals surface area (Å²) in [6.07, 6.45) is 2.11. The van der Waals surface area contributed by atoms with Crippen LogP contribution in [-0.4, -0.2) is 17.0 Å². The number of hydrogen-bond acceptors (Lipinski definition) is 4. The maximum atomic E-state index is 5.58. The molecule has 0 aromatic carbocycles. The lowest BCUT2D eigenvalue weighted by atomic mass is 10.1. The third-order valence-corrected chi connectivity index (χ3v) is 2.60. The van der Waals surface area contributed by atoms with Gasteiger partial charge in [0.1, 0.15) is 0 Å².